The van der Waals surface area contributed by atoms with Gasteiger partial charge in [0.2, 0.25) is 11.8 Å². The molecule has 0 fully saturated rings. The molecule has 2 N–H and O–H groups in total. The van der Waals surface area contributed by atoms with E-state index in [4.69, 9.17) is 0 Å². The van der Waals surface area contributed by atoms with Crippen LogP contribution in [0.5, 0.6) is 0 Å². The van der Waals surface area contributed by atoms with Crippen molar-refractivity contribution in [3.8, 4) is 0 Å². The van der Waals surface area contributed by atoms with Crippen molar-refractivity contribution < 1.29 is 9.59 Å². The molecule has 0 radical (unpaired) electrons. The maximum absolute atomic E-state index is 12.1. The first-order chi connectivity index (χ1) is 7.64. The third-order valence-electron chi connectivity index (χ3n) is 3.16. The Kier molecular flexibility index (Phi) is 5.61. The Hall–Kier alpha value is -1.10. The van der Waals surface area contributed by atoms with Crippen molar-refractivity contribution in [2.24, 2.45) is 5.92 Å². The number of hydrogen-bond acceptors (Lipinski definition) is 3. The predicted octanol–water partition coefficient (Wildman–Crippen LogP) is 0.213. The van der Waals surface area contributed by atoms with Gasteiger partial charge in [0.1, 0.15) is 6.04 Å². The van der Waals surface area contributed by atoms with Crippen LogP contribution < -0.4 is 10.6 Å². The fourth-order valence-electron chi connectivity index (χ4n) is 1.21. The zero-order chi connectivity index (χ0) is 13.8. The summed E-state index contributed by atoms with van der Waals surface area (Å²) in [4.78, 5) is 25.6. The van der Waals surface area contributed by atoms with Gasteiger partial charge in [-0.2, -0.15) is 0 Å². The van der Waals surface area contributed by atoms with E-state index in [1.165, 1.54) is 0 Å². The molecule has 0 aliphatic carbocycles. The Labute approximate surface area is 104 Å². The zero-order valence-electron chi connectivity index (χ0n) is 11.9. The smallest absolute Gasteiger partial charge is 0.242 e. The number of hydrogen-bond donors (Lipinski definition) is 2. The highest BCUT2D eigenvalue weighted by atomic mass is 16.2. The van der Waals surface area contributed by atoms with Crippen molar-refractivity contribution in [3.63, 3.8) is 0 Å². The highest BCUT2D eigenvalue weighted by Crippen LogP contribution is 2.12. The minimum atomic E-state index is -0.638. The number of nitrogens with one attached hydrogen (secondary N) is 2. The number of carbonyl (C=O) groups excluding carboxylic acids is 2. The van der Waals surface area contributed by atoms with E-state index in [0.717, 1.165) is 0 Å². The third kappa shape index (κ3) is 4.00. The van der Waals surface area contributed by atoms with Gasteiger partial charge in [-0.1, -0.05) is 13.8 Å². The molecule has 0 aliphatic heterocycles. The van der Waals surface area contributed by atoms with E-state index in [1.807, 2.05) is 46.7 Å². The summed E-state index contributed by atoms with van der Waals surface area (Å²) in [6, 6.07) is -0.494. The molecule has 17 heavy (non-hydrogen) atoms. The monoisotopic (exact) mass is 243 g/mol. The van der Waals surface area contributed by atoms with Crippen LogP contribution >= 0.6 is 0 Å². The van der Waals surface area contributed by atoms with E-state index < -0.39 is 11.6 Å². The molecule has 0 spiro atoms. The van der Waals surface area contributed by atoms with Gasteiger partial charge in [-0.05, 0) is 33.9 Å². The van der Waals surface area contributed by atoms with E-state index >= 15 is 0 Å². The second-order valence-electron chi connectivity index (χ2n) is 5.26. The van der Waals surface area contributed by atoms with Gasteiger partial charge in [0.05, 0.1) is 5.54 Å². The van der Waals surface area contributed by atoms with Crippen molar-refractivity contribution in [2.45, 2.75) is 39.3 Å². The molecular formula is C12H25N3O2. The van der Waals surface area contributed by atoms with E-state index in [2.05, 4.69) is 10.6 Å². The predicted molar refractivity (Wildman–Crippen MR) is 68.6 cm³/mol. The van der Waals surface area contributed by atoms with E-state index in [9.17, 15) is 9.59 Å². The summed E-state index contributed by atoms with van der Waals surface area (Å²) in [5.74, 6) is -0.260. The molecule has 1 atom stereocenters. The van der Waals surface area contributed by atoms with Gasteiger partial charge in [0, 0.05) is 7.05 Å². The molecular weight excluding hydrogens is 218 g/mol. The molecule has 0 heterocycles. The highest BCUT2D eigenvalue weighted by molar-refractivity contribution is 5.91. The molecule has 0 aliphatic rings. The number of nitrogens with zero attached hydrogens (tertiary/aromatic N) is 1. The van der Waals surface area contributed by atoms with Crippen molar-refractivity contribution in [1.82, 2.24) is 15.5 Å². The second kappa shape index (κ2) is 6.00. The summed E-state index contributed by atoms with van der Waals surface area (Å²) in [5.41, 5.74) is -0.638. The van der Waals surface area contributed by atoms with Crippen LogP contribution in [-0.4, -0.2) is 49.4 Å². The molecule has 0 unspecified atom stereocenters. The average molecular weight is 243 g/mol. The first kappa shape index (κ1) is 15.9. The standard InChI is InChI=1S/C12H25N3O2/c1-8(2)9(10(16)13-5)14-11(17)12(3,4)15(6)7/h8-9H,1-7H3,(H,13,16)(H,14,17)/t9-/m0/s1. The SMILES string of the molecule is CNC(=O)[C@@H](NC(=O)C(C)(C)N(C)C)C(C)C. The lowest BCUT2D eigenvalue weighted by Crippen LogP contribution is -2.58. The van der Waals surface area contributed by atoms with Gasteiger partial charge in [-0.25, -0.2) is 0 Å². The summed E-state index contributed by atoms with van der Waals surface area (Å²) in [6.45, 7) is 7.46. The fourth-order valence-corrected chi connectivity index (χ4v) is 1.21. The molecule has 5 heteroatoms. The van der Waals surface area contributed by atoms with Crippen LogP contribution in [0.2, 0.25) is 0 Å². The van der Waals surface area contributed by atoms with Gasteiger partial charge < -0.3 is 10.6 Å². The van der Waals surface area contributed by atoms with Crippen LogP contribution in [0.1, 0.15) is 27.7 Å². The second-order valence-corrected chi connectivity index (χ2v) is 5.26. The minimum absolute atomic E-state index is 0.0527. The van der Waals surface area contributed by atoms with Gasteiger partial charge in [0.25, 0.3) is 0 Å². The summed E-state index contributed by atoms with van der Waals surface area (Å²) in [6.07, 6.45) is 0. The maximum Gasteiger partial charge on any atom is 0.242 e. The number of rotatable bonds is 5. The first-order valence-corrected chi connectivity index (χ1v) is 5.84. The van der Waals surface area contributed by atoms with E-state index in [1.54, 1.807) is 7.05 Å². The fraction of sp³-hybridized carbons (Fsp3) is 0.833. The Balaban J connectivity index is 4.79. The largest absolute Gasteiger partial charge is 0.357 e. The van der Waals surface area contributed by atoms with Gasteiger partial charge in [-0.3, -0.25) is 14.5 Å². The molecule has 0 aromatic rings. The number of likely N-dealkylation sites (N-methyl/N-ethyl adjacent to an activating group) is 2. The molecule has 0 aromatic carbocycles. The quantitative estimate of drug-likeness (QED) is 0.726. The average Bonchev–Trinajstić information content (AvgIpc) is 2.23. The summed E-state index contributed by atoms with van der Waals surface area (Å²) < 4.78 is 0. The maximum atomic E-state index is 12.1. The van der Waals surface area contributed by atoms with Crippen molar-refractivity contribution in [1.29, 1.82) is 0 Å². The summed E-state index contributed by atoms with van der Waals surface area (Å²) >= 11 is 0. The lowest BCUT2D eigenvalue weighted by atomic mass is 9.99. The van der Waals surface area contributed by atoms with Crippen LogP contribution in [0.4, 0.5) is 0 Å². The Morgan fingerprint density at radius 2 is 1.65 bits per heavy atom. The lowest BCUT2D eigenvalue weighted by Gasteiger charge is -2.33. The van der Waals surface area contributed by atoms with Crippen molar-refractivity contribution in [2.75, 3.05) is 21.1 Å². The summed E-state index contributed by atoms with van der Waals surface area (Å²) in [7, 11) is 5.24. The molecule has 0 rings (SSSR count). The van der Waals surface area contributed by atoms with Crippen molar-refractivity contribution in [3.05, 3.63) is 0 Å². The van der Waals surface area contributed by atoms with Crippen LogP contribution in [0, 0.1) is 5.92 Å². The van der Waals surface area contributed by atoms with Gasteiger partial charge in [-0.15, -0.1) is 0 Å². The Bertz CT molecular complexity index is 285. The normalized spacial score (nSPS) is 13.7. The Morgan fingerprint density at radius 3 is 1.94 bits per heavy atom. The van der Waals surface area contributed by atoms with Crippen LogP contribution in [-0.2, 0) is 9.59 Å². The van der Waals surface area contributed by atoms with E-state index in [-0.39, 0.29) is 17.7 Å². The molecule has 5 nitrogen and oxygen atoms in total. The van der Waals surface area contributed by atoms with Gasteiger partial charge >= 0.3 is 0 Å². The Morgan fingerprint density at radius 1 is 1.18 bits per heavy atom. The minimum Gasteiger partial charge on any atom is -0.357 e. The molecule has 0 saturated carbocycles. The first-order valence-electron chi connectivity index (χ1n) is 5.84. The lowest BCUT2D eigenvalue weighted by molar-refractivity contribution is -0.135. The van der Waals surface area contributed by atoms with Crippen molar-refractivity contribution >= 4 is 11.8 Å². The molecule has 0 saturated heterocycles. The number of carbonyl (C=O) groups is 2. The van der Waals surface area contributed by atoms with Gasteiger partial charge in [0.15, 0.2) is 0 Å². The van der Waals surface area contributed by atoms with Crippen LogP contribution in [0.25, 0.3) is 0 Å². The topological polar surface area (TPSA) is 61.4 Å². The third-order valence-corrected chi connectivity index (χ3v) is 3.16. The zero-order valence-corrected chi connectivity index (χ0v) is 11.9. The van der Waals surface area contributed by atoms with Crippen LogP contribution in [0.3, 0.4) is 0 Å². The molecule has 100 valence electrons. The van der Waals surface area contributed by atoms with E-state index in [0.29, 0.717) is 0 Å². The molecule has 2 amide bonds. The number of amides is 2. The molecule has 0 bridgehead atoms. The van der Waals surface area contributed by atoms with Crippen LogP contribution in [0.15, 0.2) is 0 Å². The molecule has 0 aromatic heterocycles. The highest BCUT2D eigenvalue weighted by Gasteiger charge is 2.33. The summed E-state index contributed by atoms with van der Waals surface area (Å²) in [5, 5.41) is 5.36.